The largest absolute Gasteiger partial charge is 0.452 e. The Kier molecular flexibility index (Phi) is 4.82. The summed E-state index contributed by atoms with van der Waals surface area (Å²) in [7, 11) is 0. The Bertz CT molecular complexity index is 848. The number of furan rings is 1. The van der Waals surface area contributed by atoms with Crippen LogP contribution < -0.4 is 0 Å². The Morgan fingerprint density at radius 2 is 2.17 bits per heavy atom. The number of esters is 1. The van der Waals surface area contributed by atoms with E-state index in [2.05, 4.69) is 0 Å². The average Bonchev–Trinajstić information content (AvgIpc) is 2.82. The standard InChI is InChI=1S/C16H13ClN2O4/c1-8-11-5-10(17)3-4-14(11)23-15(8)16(21)22-7-13(20)12(6-18)9(2)19/h3-5,12,19H,7H2,1-2H3/t12-/m1/s1. The second-order valence-electron chi connectivity index (χ2n) is 4.98. The third-order valence-corrected chi connectivity index (χ3v) is 3.55. The fourth-order valence-electron chi connectivity index (χ4n) is 2.08. The summed E-state index contributed by atoms with van der Waals surface area (Å²) in [6.45, 7) is 2.44. The number of nitrogens with one attached hydrogen (secondary N) is 1. The van der Waals surface area contributed by atoms with Gasteiger partial charge < -0.3 is 14.6 Å². The first-order valence-electron chi connectivity index (χ1n) is 6.68. The zero-order valence-corrected chi connectivity index (χ0v) is 13.2. The fourth-order valence-corrected chi connectivity index (χ4v) is 2.26. The van der Waals surface area contributed by atoms with Gasteiger partial charge in [-0.15, -0.1) is 0 Å². The lowest BCUT2D eigenvalue weighted by atomic mass is 10.0. The molecule has 1 atom stereocenters. The normalized spacial score (nSPS) is 11.7. The van der Waals surface area contributed by atoms with Gasteiger partial charge in [0.1, 0.15) is 11.5 Å². The summed E-state index contributed by atoms with van der Waals surface area (Å²) in [5.41, 5.74) is 0.943. The van der Waals surface area contributed by atoms with E-state index in [0.717, 1.165) is 0 Å². The van der Waals surface area contributed by atoms with Gasteiger partial charge >= 0.3 is 5.97 Å². The van der Waals surface area contributed by atoms with E-state index in [9.17, 15) is 9.59 Å². The number of nitrogens with zero attached hydrogens (tertiary/aromatic N) is 1. The van der Waals surface area contributed by atoms with Crippen LogP contribution in [0.4, 0.5) is 0 Å². The molecule has 2 rings (SSSR count). The van der Waals surface area contributed by atoms with Gasteiger partial charge in [0.2, 0.25) is 5.76 Å². The number of carbonyl (C=O) groups excluding carboxylic acids is 2. The third-order valence-electron chi connectivity index (χ3n) is 3.31. The van der Waals surface area contributed by atoms with Gasteiger partial charge in [-0.05, 0) is 32.0 Å². The van der Waals surface area contributed by atoms with Crippen LogP contribution in [0.15, 0.2) is 22.6 Å². The molecule has 1 aromatic carbocycles. The smallest absolute Gasteiger partial charge is 0.374 e. The van der Waals surface area contributed by atoms with Gasteiger partial charge in [0, 0.05) is 21.7 Å². The molecule has 0 aliphatic heterocycles. The van der Waals surface area contributed by atoms with Crippen LogP contribution in [0.25, 0.3) is 11.0 Å². The lowest BCUT2D eigenvalue weighted by Gasteiger charge is -2.06. The van der Waals surface area contributed by atoms with Gasteiger partial charge in [-0.2, -0.15) is 5.26 Å². The topological polar surface area (TPSA) is 104 Å². The number of rotatable bonds is 5. The van der Waals surface area contributed by atoms with E-state index >= 15 is 0 Å². The van der Waals surface area contributed by atoms with Gasteiger partial charge in [0.15, 0.2) is 12.4 Å². The van der Waals surface area contributed by atoms with Crippen LogP contribution in [0, 0.1) is 29.6 Å². The summed E-state index contributed by atoms with van der Waals surface area (Å²) in [5.74, 6) is -2.68. The van der Waals surface area contributed by atoms with E-state index in [1.165, 1.54) is 6.92 Å². The summed E-state index contributed by atoms with van der Waals surface area (Å²) in [4.78, 5) is 23.8. The minimum absolute atomic E-state index is 0.0184. The van der Waals surface area contributed by atoms with Crippen LogP contribution >= 0.6 is 11.6 Å². The van der Waals surface area contributed by atoms with E-state index < -0.39 is 24.3 Å². The highest BCUT2D eigenvalue weighted by Gasteiger charge is 2.24. The summed E-state index contributed by atoms with van der Waals surface area (Å²) in [6, 6.07) is 6.64. The number of carbonyl (C=O) groups is 2. The second kappa shape index (κ2) is 6.63. The van der Waals surface area contributed by atoms with Crippen LogP contribution in [0.5, 0.6) is 0 Å². The van der Waals surface area contributed by atoms with Gasteiger partial charge in [-0.1, -0.05) is 11.6 Å². The van der Waals surface area contributed by atoms with Crippen molar-refractivity contribution in [2.24, 2.45) is 5.92 Å². The Morgan fingerprint density at radius 3 is 2.78 bits per heavy atom. The van der Waals surface area contributed by atoms with Gasteiger partial charge in [-0.3, -0.25) is 4.79 Å². The maximum Gasteiger partial charge on any atom is 0.374 e. The van der Waals surface area contributed by atoms with Crippen LogP contribution in [0.1, 0.15) is 23.0 Å². The van der Waals surface area contributed by atoms with Gasteiger partial charge in [0.05, 0.1) is 6.07 Å². The van der Waals surface area contributed by atoms with E-state index in [1.54, 1.807) is 31.2 Å². The Morgan fingerprint density at radius 1 is 1.48 bits per heavy atom. The highest BCUT2D eigenvalue weighted by molar-refractivity contribution is 6.31. The summed E-state index contributed by atoms with van der Waals surface area (Å²) in [6.07, 6.45) is 0. The highest BCUT2D eigenvalue weighted by atomic mass is 35.5. The van der Waals surface area contributed by atoms with Gasteiger partial charge in [0.25, 0.3) is 0 Å². The van der Waals surface area contributed by atoms with Crippen molar-refractivity contribution in [2.45, 2.75) is 13.8 Å². The lowest BCUT2D eigenvalue weighted by Crippen LogP contribution is -2.25. The van der Waals surface area contributed by atoms with Gasteiger partial charge in [-0.25, -0.2) is 4.79 Å². The summed E-state index contributed by atoms with van der Waals surface area (Å²) < 4.78 is 10.3. The number of ketones is 1. The Hall–Kier alpha value is -2.65. The molecule has 0 aliphatic carbocycles. The molecule has 118 valence electrons. The molecule has 1 heterocycles. The fraction of sp³-hybridized carbons (Fsp3) is 0.250. The molecule has 0 saturated heterocycles. The first kappa shape index (κ1) is 16.7. The minimum Gasteiger partial charge on any atom is -0.452 e. The molecule has 23 heavy (non-hydrogen) atoms. The first-order chi connectivity index (χ1) is 10.8. The van der Waals surface area contributed by atoms with Crippen LogP contribution in [-0.4, -0.2) is 24.1 Å². The molecule has 6 nitrogen and oxygen atoms in total. The molecule has 7 heteroatoms. The van der Waals surface area contributed by atoms with Crippen molar-refractivity contribution in [1.29, 1.82) is 10.7 Å². The molecule has 0 fully saturated rings. The van der Waals surface area contributed by atoms with Crippen molar-refractivity contribution in [1.82, 2.24) is 0 Å². The molecular weight excluding hydrogens is 320 g/mol. The Labute approximate surface area is 137 Å². The van der Waals surface area contributed by atoms with Crippen LogP contribution in [0.2, 0.25) is 5.02 Å². The lowest BCUT2D eigenvalue weighted by molar-refractivity contribution is -0.122. The van der Waals surface area contributed by atoms with Crippen molar-refractivity contribution in [3.05, 3.63) is 34.5 Å². The van der Waals surface area contributed by atoms with E-state index in [4.69, 9.17) is 31.4 Å². The van der Waals surface area contributed by atoms with Crippen molar-refractivity contribution in [3.8, 4) is 6.07 Å². The third kappa shape index (κ3) is 3.41. The van der Waals surface area contributed by atoms with E-state index in [-0.39, 0.29) is 11.5 Å². The zero-order chi connectivity index (χ0) is 17.1. The molecule has 1 aromatic heterocycles. The number of ether oxygens (including phenoxy) is 1. The molecule has 0 amide bonds. The quantitative estimate of drug-likeness (QED) is 0.668. The summed E-state index contributed by atoms with van der Waals surface area (Å²) >= 11 is 5.91. The molecule has 0 unspecified atom stereocenters. The zero-order valence-electron chi connectivity index (χ0n) is 12.5. The molecule has 0 bridgehead atoms. The number of hydrogen-bond donors (Lipinski definition) is 1. The number of nitriles is 1. The van der Waals surface area contributed by atoms with Crippen LogP contribution in [0.3, 0.4) is 0 Å². The van der Waals surface area contributed by atoms with Crippen molar-refractivity contribution in [2.75, 3.05) is 6.61 Å². The maximum atomic E-state index is 12.1. The molecule has 0 radical (unpaired) electrons. The molecular formula is C16H13ClN2O4. The SMILES string of the molecule is CC(=N)[C@@H](C#N)C(=O)COC(=O)c1oc2ccc(Cl)cc2c1C. The molecule has 2 aromatic rings. The van der Waals surface area contributed by atoms with Crippen molar-refractivity contribution in [3.63, 3.8) is 0 Å². The number of aryl methyl sites for hydroxylation is 1. The Balaban J connectivity index is 2.16. The predicted molar refractivity (Wildman–Crippen MR) is 83.8 cm³/mol. The monoisotopic (exact) mass is 332 g/mol. The molecule has 0 aliphatic rings. The average molecular weight is 333 g/mol. The number of Topliss-reactive ketones (excluding diaryl/α,β-unsaturated/α-hetero) is 1. The van der Waals surface area contributed by atoms with Crippen molar-refractivity contribution >= 4 is 40.0 Å². The first-order valence-corrected chi connectivity index (χ1v) is 7.06. The number of benzene rings is 1. The number of hydrogen-bond acceptors (Lipinski definition) is 6. The molecule has 1 N–H and O–H groups in total. The number of fused-ring (bicyclic) bond motifs is 1. The number of halogens is 1. The molecule has 0 spiro atoms. The summed E-state index contributed by atoms with van der Waals surface area (Å²) in [5, 5.41) is 17.4. The van der Waals surface area contributed by atoms with Crippen molar-refractivity contribution < 1.29 is 18.7 Å². The molecule has 0 saturated carbocycles. The van der Waals surface area contributed by atoms with E-state index in [0.29, 0.717) is 21.6 Å². The van der Waals surface area contributed by atoms with Crippen LogP contribution in [-0.2, 0) is 9.53 Å². The maximum absolute atomic E-state index is 12.1. The second-order valence-corrected chi connectivity index (χ2v) is 5.42. The predicted octanol–water partition coefficient (Wildman–Crippen LogP) is 3.30. The minimum atomic E-state index is -1.21. The highest BCUT2D eigenvalue weighted by Crippen LogP contribution is 2.28. The van der Waals surface area contributed by atoms with E-state index in [1.807, 2.05) is 0 Å².